The van der Waals surface area contributed by atoms with Crippen molar-refractivity contribution < 1.29 is 4.79 Å². The quantitative estimate of drug-likeness (QED) is 0.383. The van der Waals surface area contributed by atoms with Crippen LogP contribution >= 0.6 is 22.7 Å². The SMILES string of the molecule is CCc1nc(NN=C2C(=O)N(c3nc(-c4ccccc4)cs3)N=C2c2ccccc2)sc1C. The molecule has 0 spiro atoms. The highest BCUT2D eigenvalue weighted by Gasteiger charge is 2.35. The molecular formula is C24H20N6OS2. The first-order chi connectivity index (χ1) is 16.1. The van der Waals surface area contributed by atoms with E-state index < -0.39 is 0 Å². The second-order valence-corrected chi connectivity index (χ2v) is 9.30. The van der Waals surface area contributed by atoms with Crippen LogP contribution in [0.3, 0.4) is 0 Å². The molecule has 1 N–H and O–H groups in total. The van der Waals surface area contributed by atoms with Crippen LogP contribution in [0.4, 0.5) is 10.3 Å². The number of rotatable bonds is 6. The maximum Gasteiger partial charge on any atom is 0.303 e. The van der Waals surface area contributed by atoms with Gasteiger partial charge in [-0.15, -0.1) is 22.7 Å². The van der Waals surface area contributed by atoms with Crippen molar-refractivity contribution in [2.75, 3.05) is 10.4 Å². The van der Waals surface area contributed by atoms with Gasteiger partial charge in [-0.2, -0.15) is 15.2 Å². The molecule has 1 aliphatic heterocycles. The van der Waals surface area contributed by atoms with Crippen molar-refractivity contribution in [1.29, 1.82) is 0 Å². The summed E-state index contributed by atoms with van der Waals surface area (Å²) in [4.78, 5) is 23.7. The summed E-state index contributed by atoms with van der Waals surface area (Å²) in [5.74, 6) is -0.334. The Bertz CT molecular complexity index is 1360. The molecule has 7 nitrogen and oxygen atoms in total. The van der Waals surface area contributed by atoms with E-state index in [0.717, 1.165) is 33.8 Å². The van der Waals surface area contributed by atoms with E-state index in [-0.39, 0.29) is 11.6 Å². The zero-order valence-corrected chi connectivity index (χ0v) is 19.7. The third kappa shape index (κ3) is 4.20. The van der Waals surface area contributed by atoms with Gasteiger partial charge in [-0.3, -0.25) is 10.2 Å². The first kappa shape index (κ1) is 21.2. The van der Waals surface area contributed by atoms with Crippen molar-refractivity contribution in [3.8, 4) is 11.3 Å². The number of aryl methyl sites for hydroxylation is 2. The number of carbonyl (C=O) groups excluding carboxylic acids is 1. The van der Waals surface area contributed by atoms with Crippen molar-refractivity contribution in [2.24, 2.45) is 10.2 Å². The van der Waals surface area contributed by atoms with Gasteiger partial charge in [0.15, 0.2) is 5.71 Å². The summed E-state index contributed by atoms with van der Waals surface area (Å²) < 4.78 is 0. The van der Waals surface area contributed by atoms with Gasteiger partial charge in [0.05, 0.1) is 11.4 Å². The molecule has 3 heterocycles. The van der Waals surface area contributed by atoms with Gasteiger partial charge < -0.3 is 0 Å². The molecule has 9 heteroatoms. The molecule has 33 heavy (non-hydrogen) atoms. The van der Waals surface area contributed by atoms with Crippen molar-refractivity contribution in [2.45, 2.75) is 20.3 Å². The zero-order chi connectivity index (χ0) is 22.8. The monoisotopic (exact) mass is 472 g/mol. The minimum Gasteiger partial charge on any atom is -0.265 e. The van der Waals surface area contributed by atoms with Crippen LogP contribution in [0.25, 0.3) is 11.3 Å². The van der Waals surface area contributed by atoms with E-state index in [0.29, 0.717) is 16.0 Å². The lowest BCUT2D eigenvalue weighted by Crippen LogP contribution is -2.28. The normalized spacial score (nSPS) is 14.7. The summed E-state index contributed by atoms with van der Waals surface area (Å²) in [6, 6.07) is 19.4. The molecule has 2 aromatic carbocycles. The summed E-state index contributed by atoms with van der Waals surface area (Å²) in [5.41, 5.74) is 7.30. The Kier molecular flexibility index (Phi) is 5.80. The number of amides is 1. The molecule has 4 aromatic rings. The minimum atomic E-state index is -0.334. The molecule has 0 saturated heterocycles. The maximum atomic E-state index is 13.4. The number of hydrogen-bond donors (Lipinski definition) is 1. The second kappa shape index (κ2) is 9.05. The molecule has 0 atom stereocenters. The Labute approximate surface area is 199 Å². The Morgan fingerprint density at radius 3 is 2.36 bits per heavy atom. The van der Waals surface area contributed by atoms with Crippen molar-refractivity contribution >= 4 is 50.3 Å². The van der Waals surface area contributed by atoms with Gasteiger partial charge in [0, 0.05) is 21.4 Å². The van der Waals surface area contributed by atoms with E-state index >= 15 is 0 Å². The largest absolute Gasteiger partial charge is 0.303 e. The van der Waals surface area contributed by atoms with E-state index in [1.165, 1.54) is 27.7 Å². The molecule has 1 aliphatic rings. The lowest BCUT2D eigenvalue weighted by atomic mass is 10.1. The fourth-order valence-corrected chi connectivity index (χ4v) is 5.05. The number of nitrogens with zero attached hydrogens (tertiary/aromatic N) is 5. The average molecular weight is 473 g/mol. The Balaban J connectivity index is 1.49. The van der Waals surface area contributed by atoms with Gasteiger partial charge in [-0.25, -0.2) is 9.97 Å². The number of anilines is 2. The van der Waals surface area contributed by atoms with Crippen LogP contribution in [0.1, 0.15) is 23.1 Å². The molecule has 2 aromatic heterocycles. The minimum absolute atomic E-state index is 0.226. The highest BCUT2D eigenvalue weighted by atomic mass is 32.1. The van der Waals surface area contributed by atoms with Crippen LogP contribution in [0.15, 0.2) is 76.2 Å². The van der Waals surface area contributed by atoms with Crippen LogP contribution in [0.5, 0.6) is 0 Å². The van der Waals surface area contributed by atoms with Gasteiger partial charge in [-0.1, -0.05) is 67.6 Å². The summed E-state index contributed by atoms with van der Waals surface area (Å²) in [6.45, 7) is 4.09. The molecule has 164 valence electrons. The fourth-order valence-electron chi connectivity index (χ4n) is 3.43. The summed E-state index contributed by atoms with van der Waals surface area (Å²) >= 11 is 2.88. The molecule has 0 fully saturated rings. The smallest absolute Gasteiger partial charge is 0.265 e. The molecular weight excluding hydrogens is 452 g/mol. The highest BCUT2D eigenvalue weighted by molar-refractivity contribution is 7.15. The molecule has 0 radical (unpaired) electrons. The number of hydrazone groups is 2. The highest BCUT2D eigenvalue weighted by Crippen LogP contribution is 2.30. The van der Waals surface area contributed by atoms with E-state index in [1.807, 2.05) is 73.0 Å². The Hall–Kier alpha value is -3.69. The number of benzene rings is 2. The standard InChI is InChI=1S/C24H20N6OS2/c1-3-18-15(2)33-23(25-18)28-27-21-20(17-12-8-5-9-13-17)29-30(22(21)31)24-26-19(14-32-24)16-10-6-4-7-11-16/h4-14H,3H2,1-2H3,(H,25,28). The first-order valence-corrected chi connectivity index (χ1v) is 12.1. The topological polar surface area (TPSA) is 82.8 Å². The van der Waals surface area contributed by atoms with Crippen molar-refractivity contribution in [3.05, 3.63) is 82.2 Å². The van der Waals surface area contributed by atoms with Crippen LogP contribution in [-0.2, 0) is 11.2 Å². The van der Waals surface area contributed by atoms with E-state index in [2.05, 4.69) is 32.5 Å². The molecule has 1 amide bonds. The van der Waals surface area contributed by atoms with Crippen LogP contribution < -0.4 is 10.4 Å². The van der Waals surface area contributed by atoms with Gasteiger partial charge in [0.1, 0.15) is 5.71 Å². The number of thiazole rings is 2. The third-order valence-electron chi connectivity index (χ3n) is 5.10. The van der Waals surface area contributed by atoms with E-state index in [9.17, 15) is 4.79 Å². The second-order valence-electron chi connectivity index (χ2n) is 7.26. The lowest BCUT2D eigenvalue weighted by molar-refractivity contribution is -0.112. The average Bonchev–Trinajstić information content (AvgIpc) is 3.56. The van der Waals surface area contributed by atoms with E-state index in [4.69, 9.17) is 0 Å². The van der Waals surface area contributed by atoms with Crippen molar-refractivity contribution in [1.82, 2.24) is 9.97 Å². The summed E-state index contributed by atoms with van der Waals surface area (Å²) in [7, 11) is 0. The molecule has 0 aliphatic carbocycles. The third-order valence-corrected chi connectivity index (χ3v) is 6.83. The van der Waals surface area contributed by atoms with Crippen LogP contribution in [0.2, 0.25) is 0 Å². The van der Waals surface area contributed by atoms with Gasteiger partial charge in [-0.05, 0) is 13.3 Å². The number of nitrogens with one attached hydrogen (secondary N) is 1. The van der Waals surface area contributed by atoms with Gasteiger partial charge >= 0.3 is 5.91 Å². The molecule has 5 rings (SSSR count). The zero-order valence-electron chi connectivity index (χ0n) is 18.0. The Morgan fingerprint density at radius 1 is 1.00 bits per heavy atom. The van der Waals surface area contributed by atoms with Crippen molar-refractivity contribution in [3.63, 3.8) is 0 Å². The predicted octanol–water partition coefficient (Wildman–Crippen LogP) is 5.36. The van der Waals surface area contributed by atoms with E-state index in [1.54, 1.807) is 0 Å². The van der Waals surface area contributed by atoms with Gasteiger partial charge in [0.25, 0.3) is 0 Å². The molecule has 0 saturated carbocycles. The first-order valence-electron chi connectivity index (χ1n) is 10.4. The molecule has 0 unspecified atom stereocenters. The van der Waals surface area contributed by atoms with Crippen LogP contribution in [0, 0.1) is 6.92 Å². The van der Waals surface area contributed by atoms with Gasteiger partial charge in [0.2, 0.25) is 10.3 Å². The van der Waals surface area contributed by atoms with Crippen LogP contribution in [-0.4, -0.2) is 27.3 Å². The Morgan fingerprint density at radius 2 is 1.70 bits per heavy atom. The maximum absolute atomic E-state index is 13.4. The predicted molar refractivity (Wildman–Crippen MR) is 135 cm³/mol. The number of hydrogen-bond acceptors (Lipinski definition) is 8. The number of aromatic nitrogens is 2. The summed E-state index contributed by atoms with van der Waals surface area (Å²) in [5, 5.41) is 13.4. The molecule has 0 bridgehead atoms. The number of carbonyl (C=O) groups is 1. The lowest BCUT2D eigenvalue weighted by Gasteiger charge is -2.06. The summed E-state index contributed by atoms with van der Waals surface area (Å²) in [6.07, 6.45) is 0.845. The fraction of sp³-hybridized carbons (Fsp3) is 0.125.